The van der Waals surface area contributed by atoms with E-state index in [9.17, 15) is 4.79 Å². The van der Waals surface area contributed by atoms with Crippen LogP contribution < -0.4 is 10.2 Å². The van der Waals surface area contributed by atoms with Gasteiger partial charge in [0.15, 0.2) is 0 Å². The number of likely N-dealkylation sites (N-methyl/N-ethyl adjacent to an activating group) is 1. The number of hydrogen-bond acceptors (Lipinski definition) is 3. The number of unbranched alkanes of at least 4 members (excludes halogenated alkanes) is 1. The molecule has 0 aromatic heterocycles. The molecule has 0 spiro atoms. The summed E-state index contributed by atoms with van der Waals surface area (Å²) >= 11 is 0. The number of esters is 1. The van der Waals surface area contributed by atoms with Crippen LogP contribution in [0.5, 0.6) is 0 Å². The molecule has 0 saturated heterocycles. The summed E-state index contributed by atoms with van der Waals surface area (Å²) < 4.78 is 5.32. The van der Waals surface area contributed by atoms with Gasteiger partial charge in [0.2, 0.25) is 0 Å². The van der Waals surface area contributed by atoms with Crippen LogP contribution in [0.3, 0.4) is 0 Å². The molecule has 1 aromatic rings. The normalized spacial score (nSPS) is 10.7. The smallest absolute Gasteiger partial charge is 0.338 e. The number of hydrogen-bond donors (Lipinski definition) is 2. The lowest BCUT2D eigenvalue weighted by molar-refractivity contribution is -0.896. The molecule has 0 unspecified atom stereocenters. The van der Waals surface area contributed by atoms with E-state index in [1.807, 2.05) is 24.3 Å². The molecule has 0 aliphatic carbocycles. The molecule has 0 fully saturated rings. The summed E-state index contributed by atoms with van der Waals surface area (Å²) in [5, 5.41) is 3.33. The van der Waals surface area contributed by atoms with Crippen LogP contribution >= 0.6 is 0 Å². The Morgan fingerprint density at radius 3 is 2.38 bits per heavy atom. The van der Waals surface area contributed by atoms with Crippen LogP contribution in [0.1, 0.15) is 44.0 Å². The Bertz CT molecular complexity index is 400. The molecule has 0 atom stereocenters. The van der Waals surface area contributed by atoms with Gasteiger partial charge in [-0.25, -0.2) is 4.79 Å². The lowest BCUT2D eigenvalue weighted by Gasteiger charge is -2.15. The molecule has 0 aliphatic heterocycles. The van der Waals surface area contributed by atoms with E-state index in [0.717, 1.165) is 38.3 Å². The second-order valence-corrected chi connectivity index (χ2v) is 5.20. The van der Waals surface area contributed by atoms with Crippen LogP contribution in [0.2, 0.25) is 0 Å². The molecule has 0 radical (unpaired) electrons. The lowest BCUT2D eigenvalue weighted by Crippen LogP contribution is -3.11. The third-order valence-corrected chi connectivity index (χ3v) is 3.67. The Labute approximate surface area is 128 Å². The van der Waals surface area contributed by atoms with Gasteiger partial charge in [-0.1, -0.05) is 13.3 Å². The van der Waals surface area contributed by atoms with Crippen molar-refractivity contribution in [3.63, 3.8) is 0 Å². The molecule has 1 aromatic carbocycles. The van der Waals surface area contributed by atoms with Crippen molar-refractivity contribution in [2.75, 3.05) is 38.1 Å². The fraction of sp³-hybridized carbons (Fsp3) is 0.588. The fourth-order valence-corrected chi connectivity index (χ4v) is 2.11. The van der Waals surface area contributed by atoms with E-state index >= 15 is 0 Å². The molecule has 0 heterocycles. The summed E-state index contributed by atoms with van der Waals surface area (Å²) in [5.74, 6) is -0.235. The second-order valence-electron chi connectivity index (χ2n) is 5.20. The molecule has 0 aliphatic rings. The zero-order valence-corrected chi connectivity index (χ0v) is 13.6. The van der Waals surface area contributed by atoms with E-state index in [1.54, 1.807) is 0 Å². The Kier molecular flexibility index (Phi) is 8.51. The van der Waals surface area contributed by atoms with Crippen LogP contribution in [-0.4, -0.2) is 38.8 Å². The van der Waals surface area contributed by atoms with E-state index in [0.29, 0.717) is 12.2 Å². The van der Waals surface area contributed by atoms with Crippen molar-refractivity contribution in [1.29, 1.82) is 0 Å². The molecule has 118 valence electrons. The minimum Gasteiger partial charge on any atom is -0.456 e. The number of anilines is 1. The van der Waals surface area contributed by atoms with Crippen LogP contribution in [0.4, 0.5) is 5.69 Å². The first-order chi connectivity index (χ1) is 10.2. The molecule has 1 rings (SSSR count). The number of carbonyl (C=O) groups is 1. The van der Waals surface area contributed by atoms with Gasteiger partial charge in [0.25, 0.3) is 0 Å². The van der Waals surface area contributed by atoms with Gasteiger partial charge in [-0.15, -0.1) is 0 Å². The molecule has 4 nitrogen and oxygen atoms in total. The maximum absolute atomic E-state index is 11.9. The van der Waals surface area contributed by atoms with E-state index in [-0.39, 0.29) is 5.97 Å². The molecule has 0 bridgehead atoms. The maximum Gasteiger partial charge on any atom is 0.338 e. The Morgan fingerprint density at radius 2 is 1.81 bits per heavy atom. The highest BCUT2D eigenvalue weighted by Crippen LogP contribution is 2.10. The Hall–Kier alpha value is -1.55. The van der Waals surface area contributed by atoms with Crippen molar-refractivity contribution >= 4 is 11.7 Å². The van der Waals surface area contributed by atoms with Crippen LogP contribution in [0.25, 0.3) is 0 Å². The average molecular weight is 293 g/mol. The first-order valence-corrected chi connectivity index (χ1v) is 8.05. The van der Waals surface area contributed by atoms with Crippen molar-refractivity contribution in [3.8, 4) is 0 Å². The lowest BCUT2D eigenvalue weighted by atomic mass is 10.2. The standard InChI is InChI=1S/C17H28N2O2/c1-4-7-12-18-16-10-8-15(9-11-16)17(20)21-14-13-19(5-2)6-3/h8-11,18H,4-7,12-14H2,1-3H3/p+1. The molecule has 0 amide bonds. The monoisotopic (exact) mass is 293 g/mol. The molecule has 21 heavy (non-hydrogen) atoms. The first-order valence-electron chi connectivity index (χ1n) is 8.05. The highest BCUT2D eigenvalue weighted by molar-refractivity contribution is 5.89. The molecule has 2 N–H and O–H groups in total. The van der Waals surface area contributed by atoms with Crippen molar-refractivity contribution in [3.05, 3.63) is 29.8 Å². The predicted octanol–water partition coefficient (Wildman–Crippen LogP) is 1.98. The number of ether oxygens (including phenoxy) is 1. The highest BCUT2D eigenvalue weighted by atomic mass is 16.5. The molecular weight excluding hydrogens is 264 g/mol. The van der Waals surface area contributed by atoms with Crippen LogP contribution in [-0.2, 0) is 4.74 Å². The largest absolute Gasteiger partial charge is 0.456 e. The van der Waals surface area contributed by atoms with E-state index in [4.69, 9.17) is 4.74 Å². The molecular formula is C17H29N2O2+. The minimum atomic E-state index is -0.235. The van der Waals surface area contributed by atoms with Crippen molar-refractivity contribution in [2.24, 2.45) is 0 Å². The van der Waals surface area contributed by atoms with Gasteiger partial charge in [0.1, 0.15) is 13.2 Å². The van der Waals surface area contributed by atoms with Crippen molar-refractivity contribution in [1.82, 2.24) is 0 Å². The number of rotatable bonds is 10. The van der Waals surface area contributed by atoms with Crippen molar-refractivity contribution < 1.29 is 14.4 Å². The Balaban J connectivity index is 2.37. The minimum absolute atomic E-state index is 0.235. The summed E-state index contributed by atoms with van der Waals surface area (Å²) in [6.45, 7) is 10.9. The zero-order valence-electron chi connectivity index (χ0n) is 13.6. The van der Waals surface area contributed by atoms with Gasteiger partial charge >= 0.3 is 5.97 Å². The zero-order chi connectivity index (χ0) is 15.5. The van der Waals surface area contributed by atoms with Crippen molar-refractivity contribution in [2.45, 2.75) is 33.6 Å². The maximum atomic E-state index is 11.9. The Morgan fingerprint density at radius 1 is 1.14 bits per heavy atom. The number of benzene rings is 1. The fourth-order valence-electron chi connectivity index (χ4n) is 2.11. The third-order valence-electron chi connectivity index (χ3n) is 3.67. The van der Waals surface area contributed by atoms with Gasteiger partial charge in [0, 0.05) is 12.2 Å². The summed E-state index contributed by atoms with van der Waals surface area (Å²) in [6, 6.07) is 7.51. The van der Waals surface area contributed by atoms with Gasteiger partial charge in [-0.2, -0.15) is 0 Å². The summed E-state index contributed by atoms with van der Waals surface area (Å²) in [4.78, 5) is 13.4. The van der Waals surface area contributed by atoms with Gasteiger partial charge in [-0.3, -0.25) is 0 Å². The van der Waals surface area contributed by atoms with Gasteiger partial charge in [0.05, 0.1) is 18.7 Å². The number of nitrogens with one attached hydrogen (secondary N) is 2. The number of quaternary nitrogens is 1. The van der Waals surface area contributed by atoms with E-state index in [1.165, 1.54) is 11.3 Å². The predicted molar refractivity (Wildman–Crippen MR) is 87.0 cm³/mol. The summed E-state index contributed by atoms with van der Waals surface area (Å²) in [7, 11) is 0. The average Bonchev–Trinajstić information content (AvgIpc) is 2.52. The first kappa shape index (κ1) is 17.5. The quantitative estimate of drug-likeness (QED) is 0.512. The molecule has 0 saturated carbocycles. The second kappa shape index (κ2) is 10.2. The topological polar surface area (TPSA) is 42.8 Å². The third kappa shape index (κ3) is 6.63. The van der Waals surface area contributed by atoms with E-state index in [2.05, 4.69) is 26.1 Å². The summed E-state index contributed by atoms with van der Waals surface area (Å²) in [6.07, 6.45) is 2.32. The highest BCUT2D eigenvalue weighted by Gasteiger charge is 2.09. The van der Waals surface area contributed by atoms with E-state index < -0.39 is 0 Å². The van der Waals surface area contributed by atoms with Crippen LogP contribution in [0.15, 0.2) is 24.3 Å². The number of carbonyl (C=O) groups excluding carboxylic acids is 1. The van der Waals surface area contributed by atoms with Gasteiger partial charge in [-0.05, 0) is 44.5 Å². The van der Waals surface area contributed by atoms with Gasteiger partial charge < -0.3 is 15.0 Å². The van der Waals surface area contributed by atoms with Crippen LogP contribution in [0, 0.1) is 0 Å². The molecule has 4 heteroatoms. The SMILES string of the molecule is CCCCNc1ccc(C(=O)OCC[NH+](CC)CC)cc1. The summed E-state index contributed by atoms with van der Waals surface area (Å²) in [5.41, 5.74) is 1.66.